The lowest BCUT2D eigenvalue weighted by Crippen LogP contribution is -2.37. The molecule has 0 aliphatic rings. The van der Waals surface area contributed by atoms with Crippen molar-refractivity contribution in [3.63, 3.8) is 0 Å². The Morgan fingerprint density at radius 2 is 1.50 bits per heavy atom. The first-order valence-corrected chi connectivity index (χ1v) is 3.11. The highest BCUT2D eigenvalue weighted by Crippen LogP contribution is 2.32. The highest BCUT2D eigenvalue weighted by atomic mass is 79.9. The van der Waals surface area contributed by atoms with E-state index in [2.05, 4.69) is 15.9 Å². The number of hydrogen-bond donors (Lipinski definition) is 0. The summed E-state index contributed by atoms with van der Waals surface area (Å²) in [4.78, 5) is 0. The summed E-state index contributed by atoms with van der Waals surface area (Å²) in [6.45, 7) is 2.88. The smallest absolute Gasteiger partial charge is 0.217 e. The fraction of sp³-hybridized carbons (Fsp3) is 1.00. The molecule has 0 amide bonds. The fourth-order valence-electron chi connectivity index (χ4n) is 0. The Kier molecular flexibility index (Phi) is 2.07. The molecule has 0 saturated heterocycles. The zero-order valence-electron chi connectivity index (χ0n) is 5.13. The van der Waals surface area contributed by atoms with Crippen LogP contribution in [-0.4, -0.2) is 18.0 Å². The molecule has 0 fully saturated rings. The van der Waals surface area contributed by atoms with E-state index in [1.54, 1.807) is 0 Å². The molecule has 0 aliphatic carbocycles. The maximum atomic E-state index is 12.2. The van der Waals surface area contributed by atoms with Crippen molar-refractivity contribution in [2.75, 3.05) is 0 Å². The minimum absolute atomic E-state index is 0.891. The zero-order valence-corrected chi connectivity index (χ0v) is 6.72. The van der Waals surface area contributed by atoms with Gasteiger partial charge in [0.2, 0.25) is 5.82 Å². The zero-order chi connectivity index (χ0) is 7.00. The van der Waals surface area contributed by atoms with Gasteiger partial charge >= 0.3 is 0 Å². The van der Waals surface area contributed by atoms with E-state index in [0.717, 1.165) is 7.85 Å². The lowest BCUT2D eigenvalue weighted by Gasteiger charge is -2.24. The van der Waals surface area contributed by atoms with E-state index in [4.69, 9.17) is 0 Å². The predicted octanol–water partition coefficient (Wildman–Crippen LogP) is 1.39. The summed E-state index contributed by atoms with van der Waals surface area (Å²) in [6.07, 6.45) is 0. The number of hydrogen-bond acceptors (Lipinski definition) is 0. The molecule has 0 bridgehead atoms. The molecule has 0 aromatic carbocycles. The molecule has 0 aromatic rings. The van der Waals surface area contributed by atoms with E-state index >= 15 is 0 Å². The molecule has 0 radical (unpaired) electrons. The Morgan fingerprint density at radius 1 is 1.38 bits per heavy atom. The Hall–Kier alpha value is 0.405. The van der Waals surface area contributed by atoms with Crippen LogP contribution in [0, 0.1) is 0 Å². The van der Waals surface area contributed by atoms with Crippen molar-refractivity contribution >= 4 is 23.8 Å². The van der Waals surface area contributed by atoms with E-state index in [9.17, 15) is 8.78 Å². The Balaban J connectivity index is 4.02. The SMILES string of the molecule is BC(F)(F)C(C)(C)Br. The van der Waals surface area contributed by atoms with Crippen molar-refractivity contribution in [2.45, 2.75) is 24.0 Å². The van der Waals surface area contributed by atoms with Crippen LogP contribution in [-0.2, 0) is 0 Å². The maximum Gasteiger partial charge on any atom is 0.221 e. The average molecular weight is 185 g/mol. The largest absolute Gasteiger partial charge is 0.221 e. The normalized spacial score (nSPS) is 14.1. The van der Waals surface area contributed by atoms with Crippen LogP contribution in [0.3, 0.4) is 0 Å². The van der Waals surface area contributed by atoms with E-state index < -0.39 is 10.1 Å². The van der Waals surface area contributed by atoms with Gasteiger partial charge in [0.05, 0.1) is 4.32 Å². The van der Waals surface area contributed by atoms with Crippen LogP contribution in [0.2, 0.25) is 0 Å². The van der Waals surface area contributed by atoms with E-state index in [-0.39, 0.29) is 0 Å². The summed E-state index contributed by atoms with van der Waals surface area (Å²) < 4.78 is 23.3. The third-order valence-corrected chi connectivity index (χ3v) is 1.74. The van der Waals surface area contributed by atoms with Crippen LogP contribution in [0.1, 0.15) is 13.8 Å². The predicted molar refractivity (Wildman–Crippen MR) is 36.5 cm³/mol. The first-order chi connectivity index (χ1) is 3.25. The quantitative estimate of drug-likeness (QED) is 0.427. The van der Waals surface area contributed by atoms with E-state index in [1.165, 1.54) is 13.8 Å². The molecule has 0 aliphatic heterocycles. The maximum absolute atomic E-state index is 12.2. The van der Waals surface area contributed by atoms with Gasteiger partial charge in [-0.05, 0) is 13.8 Å². The molecule has 0 nitrogen and oxygen atoms in total. The second kappa shape index (κ2) is 1.97. The van der Waals surface area contributed by atoms with Gasteiger partial charge in [-0.3, -0.25) is 0 Å². The third kappa shape index (κ3) is 2.12. The van der Waals surface area contributed by atoms with Crippen LogP contribution < -0.4 is 0 Å². The molecule has 0 atom stereocenters. The highest BCUT2D eigenvalue weighted by molar-refractivity contribution is 9.10. The van der Waals surface area contributed by atoms with Gasteiger partial charge in [-0.15, -0.1) is 0 Å². The molecule has 0 spiro atoms. The monoisotopic (exact) mass is 184 g/mol. The molecule has 4 heteroatoms. The van der Waals surface area contributed by atoms with E-state index in [0.29, 0.717) is 0 Å². The van der Waals surface area contributed by atoms with Crippen molar-refractivity contribution in [1.29, 1.82) is 0 Å². The van der Waals surface area contributed by atoms with Gasteiger partial charge in [-0.1, -0.05) is 15.9 Å². The highest BCUT2D eigenvalue weighted by Gasteiger charge is 2.38. The molecule has 0 aromatic heterocycles. The Morgan fingerprint density at radius 3 is 1.50 bits per heavy atom. The molecule has 0 saturated carbocycles. The topological polar surface area (TPSA) is 0 Å². The van der Waals surface area contributed by atoms with Gasteiger partial charge in [0.25, 0.3) is 0 Å². The van der Waals surface area contributed by atoms with Crippen molar-refractivity contribution in [2.24, 2.45) is 0 Å². The van der Waals surface area contributed by atoms with Gasteiger partial charge in [-0.25, -0.2) is 8.78 Å². The number of halogens is 3. The summed E-state index contributed by atoms with van der Waals surface area (Å²) in [7, 11) is 0.891. The summed E-state index contributed by atoms with van der Waals surface area (Å²) in [5, 5.41) is 0. The van der Waals surface area contributed by atoms with Gasteiger partial charge < -0.3 is 0 Å². The molecular weight excluding hydrogens is 177 g/mol. The van der Waals surface area contributed by atoms with Crippen molar-refractivity contribution in [3.05, 3.63) is 0 Å². The van der Waals surface area contributed by atoms with Crippen LogP contribution in [0.15, 0.2) is 0 Å². The van der Waals surface area contributed by atoms with E-state index in [1.807, 2.05) is 0 Å². The van der Waals surface area contributed by atoms with Crippen molar-refractivity contribution in [1.82, 2.24) is 0 Å². The van der Waals surface area contributed by atoms with Crippen molar-refractivity contribution < 1.29 is 8.78 Å². The summed E-state index contributed by atoms with van der Waals surface area (Å²) in [5.74, 6) is -2.65. The lowest BCUT2D eigenvalue weighted by atomic mass is 9.88. The second-order valence-electron chi connectivity index (χ2n) is 2.36. The molecule has 0 N–H and O–H groups in total. The molecule has 8 heavy (non-hydrogen) atoms. The summed E-state index contributed by atoms with van der Waals surface area (Å²) >= 11 is 2.85. The first kappa shape index (κ1) is 8.40. The molecule has 0 heterocycles. The minimum atomic E-state index is -2.65. The average Bonchev–Trinajstić information content (AvgIpc) is 1.25. The van der Waals surface area contributed by atoms with Crippen LogP contribution in [0.25, 0.3) is 0 Å². The van der Waals surface area contributed by atoms with Gasteiger partial charge in [-0.2, -0.15) is 0 Å². The molecule has 0 unspecified atom stereocenters. The van der Waals surface area contributed by atoms with Crippen LogP contribution in [0.4, 0.5) is 8.78 Å². The van der Waals surface area contributed by atoms with Crippen LogP contribution >= 0.6 is 15.9 Å². The van der Waals surface area contributed by atoms with Gasteiger partial charge in [0.15, 0.2) is 7.85 Å². The summed E-state index contributed by atoms with van der Waals surface area (Å²) in [6, 6.07) is 0. The number of alkyl halides is 3. The molecular formula is C4H8BBrF2. The Bertz CT molecular complexity index is 69.0. The molecule has 0 rings (SSSR count). The minimum Gasteiger partial charge on any atom is -0.217 e. The van der Waals surface area contributed by atoms with Crippen molar-refractivity contribution in [3.8, 4) is 0 Å². The Labute approximate surface area is 57.2 Å². The fourth-order valence-corrected chi connectivity index (χ4v) is 0. The van der Waals surface area contributed by atoms with Crippen LogP contribution in [0.5, 0.6) is 0 Å². The summed E-state index contributed by atoms with van der Waals surface area (Å²) in [5.41, 5.74) is 0. The second-order valence-corrected chi connectivity index (χ2v) is 4.34. The van der Waals surface area contributed by atoms with Gasteiger partial charge in [0.1, 0.15) is 0 Å². The third-order valence-electron chi connectivity index (χ3n) is 1.04. The number of rotatable bonds is 1. The lowest BCUT2D eigenvalue weighted by molar-refractivity contribution is 0.0648. The first-order valence-electron chi connectivity index (χ1n) is 2.32. The standard InChI is InChI=1S/C4H8BBrF2/c1-3(2,6)4(5,7)8/h5H2,1-2H3. The van der Waals surface area contributed by atoms with Gasteiger partial charge in [0, 0.05) is 0 Å². The molecule has 48 valence electrons.